The summed E-state index contributed by atoms with van der Waals surface area (Å²) in [6.45, 7) is 3.00. The maximum Gasteiger partial charge on any atom is 0.331 e. The van der Waals surface area contributed by atoms with Gasteiger partial charge in [0.25, 0.3) is 0 Å². The molecule has 0 aromatic rings. The summed E-state index contributed by atoms with van der Waals surface area (Å²) in [6.07, 6.45) is -6.68. The first-order valence-corrected chi connectivity index (χ1v) is 14.9. The monoisotopic (exact) mass is 584 g/mol. The number of aliphatic hydroxyl groups excluding tert-OH is 6. The second kappa shape index (κ2) is 9.91. The number of esters is 1. The zero-order valence-corrected chi connectivity index (χ0v) is 23.5. The van der Waals surface area contributed by atoms with Gasteiger partial charge >= 0.3 is 5.97 Å². The number of aliphatic hydroxyl groups is 8. The van der Waals surface area contributed by atoms with Crippen LogP contribution in [0.4, 0.5) is 0 Å². The van der Waals surface area contributed by atoms with Crippen LogP contribution in [-0.4, -0.2) is 120 Å². The number of fused-ring (bicyclic) bond motifs is 5. The van der Waals surface area contributed by atoms with Crippen molar-refractivity contribution in [3.63, 3.8) is 0 Å². The van der Waals surface area contributed by atoms with E-state index in [0.717, 1.165) is 5.57 Å². The van der Waals surface area contributed by atoms with E-state index in [1.165, 1.54) is 13.0 Å². The lowest BCUT2D eigenvalue weighted by molar-refractivity contribution is -0.342. The van der Waals surface area contributed by atoms with Gasteiger partial charge in [0.1, 0.15) is 24.9 Å². The van der Waals surface area contributed by atoms with Crippen molar-refractivity contribution in [2.75, 3.05) is 13.2 Å². The minimum atomic E-state index is -1.67. The standard InChI is InChI=1S/C29H44O12/c1-13-22(34)23(35)24(36)25(40-13)41-15-8-19(32)28(12-30)21-17(3-5-27(28,37)9-15)29(38)6-4-16(14-7-20(33)39-11-14)26(29,2)10-18(21)31/h7,13,15-19,21-25,30-32,34-38H,3-6,8-12H2,1-2H3/t13?,15?,16?,17?,18?,19?,21?,22?,23?,24?,25?,26-,27+,28-,29+/m1/s1. The highest BCUT2D eigenvalue weighted by Gasteiger charge is 2.75. The average molecular weight is 585 g/mol. The number of rotatable bonds is 4. The molecule has 11 unspecified atom stereocenters. The number of carbonyl (C=O) groups excluding carboxylic acids is 1. The van der Waals surface area contributed by atoms with Gasteiger partial charge in [-0.1, -0.05) is 6.92 Å². The molecule has 41 heavy (non-hydrogen) atoms. The van der Waals surface area contributed by atoms with Crippen molar-refractivity contribution in [1.82, 2.24) is 0 Å². The minimum Gasteiger partial charge on any atom is -0.458 e. The fourth-order valence-electron chi connectivity index (χ4n) is 10.1. The molecule has 8 N–H and O–H groups in total. The molecule has 0 amide bonds. The van der Waals surface area contributed by atoms with Gasteiger partial charge in [0.2, 0.25) is 0 Å². The molecule has 232 valence electrons. The molecule has 4 saturated carbocycles. The molecule has 0 radical (unpaired) electrons. The predicted octanol–water partition coefficient (Wildman–Crippen LogP) is -1.51. The van der Waals surface area contributed by atoms with Crippen LogP contribution in [-0.2, 0) is 19.0 Å². The van der Waals surface area contributed by atoms with Crippen molar-refractivity contribution < 1.29 is 59.9 Å². The average Bonchev–Trinajstić information content (AvgIpc) is 3.45. The highest BCUT2D eigenvalue weighted by atomic mass is 16.7. The van der Waals surface area contributed by atoms with Crippen LogP contribution in [0, 0.1) is 28.6 Å². The van der Waals surface area contributed by atoms with Gasteiger partial charge in [-0.15, -0.1) is 0 Å². The summed E-state index contributed by atoms with van der Waals surface area (Å²) < 4.78 is 16.7. The van der Waals surface area contributed by atoms with Crippen LogP contribution in [0.15, 0.2) is 11.6 Å². The normalized spacial score (nSPS) is 56.9. The van der Waals surface area contributed by atoms with E-state index >= 15 is 0 Å². The molecule has 2 aliphatic heterocycles. The Kier molecular flexibility index (Phi) is 7.22. The number of cyclic esters (lactones) is 1. The molecule has 0 bridgehead atoms. The van der Waals surface area contributed by atoms with Crippen molar-refractivity contribution in [2.45, 2.75) is 119 Å². The summed E-state index contributed by atoms with van der Waals surface area (Å²) >= 11 is 0. The molecule has 0 aromatic carbocycles. The van der Waals surface area contributed by atoms with Crippen molar-refractivity contribution in [1.29, 1.82) is 0 Å². The van der Waals surface area contributed by atoms with Crippen molar-refractivity contribution in [3.8, 4) is 0 Å². The SMILES string of the molecule is CC1OC(OC2CC(O)[C@]3(CO)C4C(O)C[C@]5(C)C(C6=CC(=O)OC6)CC[C@]5(O)C4CC[C@]3(O)C2)C(O)C(O)C1O. The first kappa shape index (κ1) is 29.9. The molecule has 6 rings (SSSR count). The molecule has 4 aliphatic carbocycles. The van der Waals surface area contributed by atoms with Gasteiger partial charge in [0, 0.05) is 30.3 Å². The third kappa shape index (κ3) is 3.99. The molecule has 2 heterocycles. The van der Waals surface area contributed by atoms with E-state index in [-0.39, 0.29) is 38.2 Å². The topological polar surface area (TPSA) is 207 Å². The number of ether oxygens (including phenoxy) is 3. The van der Waals surface area contributed by atoms with Gasteiger partial charge in [-0.25, -0.2) is 4.79 Å². The third-order valence-electron chi connectivity index (χ3n) is 12.2. The minimum absolute atomic E-state index is 0.0369. The summed E-state index contributed by atoms with van der Waals surface area (Å²) in [5, 5.41) is 89.6. The van der Waals surface area contributed by atoms with Crippen LogP contribution in [0.3, 0.4) is 0 Å². The lowest BCUT2D eigenvalue weighted by Crippen LogP contribution is -2.76. The Bertz CT molecular complexity index is 1080. The Morgan fingerprint density at radius 2 is 1.76 bits per heavy atom. The van der Waals surface area contributed by atoms with E-state index in [9.17, 15) is 45.6 Å². The third-order valence-corrected chi connectivity index (χ3v) is 12.2. The summed E-state index contributed by atoms with van der Waals surface area (Å²) in [7, 11) is 0. The van der Waals surface area contributed by atoms with Crippen molar-refractivity contribution >= 4 is 5.97 Å². The molecule has 6 aliphatic rings. The highest BCUT2D eigenvalue weighted by Crippen LogP contribution is 2.70. The molecular weight excluding hydrogens is 540 g/mol. The molecular formula is C29H44O12. The van der Waals surface area contributed by atoms with E-state index in [1.54, 1.807) is 0 Å². The van der Waals surface area contributed by atoms with Crippen molar-refractivity contribution in [3.05, 3.63) is 11.6 Å². The van der Waals surface area contributed by atoms with E-state index < -0.39 is 95.5 Å². The second-order valence-corrected chi connectivity index (χ2v) is 13.8. The Hall–Kier alpha value is -1.19. The zero-order valence-electron chi connectivity index (χ0n) is 23.5. The maximum atomic E-state index is 12.4. The number of carbonyl (C=O) groups is 1. The number of hydrogen-bond donors (Lipinski definition) is 8. The maximum absolute atomic E-state index is 12.4. The first-order chi connectivity index (χ1) is 19.2. The summed E-state index contributed by atoms with van der Waals surface area (Å²) in [5.74, 6) is -1.93. The fourth-order valence-corrected chi connectivity index (χ4v) is 10.1. The van der Waals surface area contributed by atoms with Crippen LogP contribution < -0.4 is 0 Å². The highest BCUT2D eigenvalue weighted by molar-refractivity contribution is 5.85. The van der Waals surface area contributed by atoms with Crippen LogP contribution in [0.2, 0.25) is 0 Å². The smallest absolute Gasteiger partial charge is 0.331 e. The predicted molar refractivity (Wildman–Crippen MR) is 139 cm³/mol. The lowest BCUT2D eigenvalue weighted by atomic mass is 9.40. The summed E-state index contributed by atoms with van der Waals surface area (Å²) in [5.41, 5.74) is -4.46. The Morgan fingerprint density at radius 3 is 2.41 bits per heavy atom. The van der Waals surface area contributed by atoms with E-state index in [2.05, 4.69) is 0 Å². The van der Waals surface area contributed by atoms with Gasteiger partial charge in [-0.05, 0) is 56.4 Å². The fraction of sp³-hybridized carbons (Fsp3) is 0.897. The van der Waals surface area contributed by atoms with Gasteiger partial charge in [0.05, 0.1) is 47.6 Å². The molecule has 5 fully saturated rings. The molecule has 1 saturated heterocycles. The van der Waals surface area contributed by atoms with Gasteiger partial charge in [-0.2, -0.15) is 0 Å². The Balaban J connectivity index is 1.28. The van der Waals surface area contributed by atoms with Crippen LogP contribution in [0.25, 0.3) is 0 Å². The quantitative estimate of drug-likeness (QED) is 0.140. The molecule has 0 aromatic heterocycles. The first-order valence-electron chi connectivity index (χ1n) is 14.9. The van der Waals surface area contributed by atoms with E-state index in [4.69, 9.17) is 14.2 Å². The zero-order chi connectivity index (χ0) is 29.7. The number of hydrogen-bond acceptors (Lipinski definition) is 12. The van der Waals surface area contributed by atoms with Crippen LogP contribution in [0.5, 0.6) is 0 Å². The summed E-state index contributed by atoms with van der Waals surface area (Å²) in [4.78, 5) is 11.8. The molecule has 15 atom stereocenters. The largest absolute Gasteiger partial charge is 0.458 e. The van der Waals surface area contributed by atoms with Gasteiger partial charge < -0.3 is 55.1 Å². The Morgan fingerprint density at radius 1 is 1.02 bits per heavy atom. The van der Waals surface area contributed by atoms with Crippen LogP contribution in [0.1, 0.15) is 58.8 Å². The lowest BCUT2D eigenvalue weighted by Gasteiger charge is -2.68. The molecule has 0 spiro atoms. The van der Waals surface area contributed by atoms with E-state index in [1.807, 2.05) is 6.92 Å². The Labute approximate surface area is 238 Å². The van der Waals surface area contributed by atoms with E-state index in [0.29, 0.717) is 19.3 Å². The molecule has 12 heteroatoms. The van der Waals surface area contributed by atoms with Crippen molar-refractivity contribution in [2.24, 2.45) is 28.6 Å². The second-order valence-electron chi connectivity index (χ2n) is 13.8. The van der Waals surface area contributed by atoms with Gasteiger partial charge in [0.15, 0.2) is 6.29 Å². The molecule has 12 nitrogen and oxygen atoms in total. The van der Waals surface area contributed by atoms with Gasteiger partial charge in [-0.3, -0.25) is 0 Å². The summed E-state index contributed by atoms with van der Waals surface area (Å²) in [6, 6.07) is 0. The van der Waals surface area contributed by atoms with Crippen LogP contribution >= 0.6 is 0 Å².